The fourth-order valence-corrected chi connectivity index (χ4v) is 3.78. The lowest BCUT2D eigenvalue weighted by atomic mass is 10.2. The molecule has 0 bridgehead atoms. The van der Waals surface area contributed by atoms with Gasteiger partial charge in [-0.2, -0.15) is 4.98 Å². The summed E-state index contributed by atoms with van der Waals surface area (Å²) < 4.78 is 13.2. The van der Waals surface area contributed by atoms with Gasteiger partial charge in [-0.25, -0.2) is 0 Å². The molecule has 1 aliphatic carbocycles. The molecule has 2 aromatic rings. The van der Waals surface area contributed by atoms with Crippen molar-refractivity contribution in [2.45, 2.75) is 30.5 Å². The minimum atomic E-state index is -0.305. The molecule has 1 saturated carbocycles. The summed E-state index contributed by atoms with van der Waals surface area (Å²) >= 11 is 7.49. The van der Waals surface area contributed by atoms with Gasteiger partial charge in [0.15, 0.2) is 16.7 Å². The number of anilines is 1. The molecule has 0 saturated heterocycles. The second-order valence-electron chi connectivity index (χ2n) is 6.35. The Morgan fingerprint density at radius 3 is 2.78 bits per heavy atom. The monoisotopic (exact) mass is 407 g/mol. The van der Waals surface area contributed by atoms with E-state index < -0.39 is 0 Å². The summed E-state index contributed by atoms with van der Waals surface area (Å²) in [7, 11) is 0. The van der Waals surface area contributed by atoms with Crippen LogP contribution < -0.4 is 20.3 Å². The Hall–Kier alpha value is -2.19. The third-order valence-corrected chi connectivity index (χ3v) is 5.47. The highest BCUT2D eigenvalue weighted by atomic mass is 35.5. The second-order valence-corrected chi connectivity index (χ2v) is 7.70. The zero-order valence-electron chi connectivity index (χ0n) is 14.4. The van der Waals surface area contributed by atoms with E-state index in [4.69, 9.17) is 21.1 Å². The van der Waals surface area contributed by atoms with Gasteiger partial charge in [-0.15, -0.1) is 0 Å². The maximum absolute atomic E-state index is 12.4. The van der Waals surface area contributed by atoms with E-state index >= 15 is 0 Å². The van der Waals surface area contributed by atoms with Crippen LogP contribution in [-0.2, 0) is 4.79 Å². The number of nitrogens with one attached hydrogen (secondary N) is 1. The molecule has 4 rings (SSSR count). The number of hydrogen-bond acceptors (Lipinski definition) is 6. The first-order chi connectivity index (χ1) is 13.1. The fourth-order valence-electron chi connectivity index (χ4n) is 2.73. The standard InChI is InChI=1S/C18H18ClN3O4S/c19-12-8-14-15(26-7-1-6-25-14)9-13(12)20-17(24)10-27-18-21-16(23)4-5-22(18)11-2-3-11/h4-5,8-9,11H,1-3,6-7,10H2,(H,20,24). The molecule has 1 aromatic heterocycles. The van der Waals surface area contributed by atoms with Crippen LogP contribution in [0.3, 0.4) is 0 Å². The van der Waals surface area contributed by atoms with Gasteiger partial charge < -0.3 is 19.4 Å². The molecule has 1 aromatic carbocycles. The van der Waals surface area contributed by atoms with Crippen molar-refractivity contribution < 1.29 is 14.3 Å². The van der Waals surface area contributed by atoms with Gasteiger partial charge >= 0.3 is 0 Å². The Kier molecular flexibility index (Phi) is 5.27. The van der Waals surface area contributed by atoms with Gasteiger partial charge in [0, 0.05) is 36.9 Å². The fraction of sp³-hybridized carbons (Fsp3) is 0.389. The van der Waals surface area contributed by atoms with E-state index in [1.54, 1.807) is 18.3 Å². The summed E-state index contributed by atoms with van der Waals surface area (Å²) in [5.41, 5.74) is 0.160. The van der Waals surface area contributed by atoms with E-state index in [0.29, 0.717) is 46.6 Å². The Morgan fingerprint density at radius 2 is 2.04 bits per heavy atom. The van der Waals surface area contributed by atoms with Crippen LogP contribution in [0.25, 0.3) is 0 Å². The number of thioether (sulfide) groups is 1. The molecule has 0 unspecified atom stereocenters. The van der Waals surface area contributed by atoms with E-state index in [2.05, 4.69) is 10.3 Å². The number of amides is 1. The largest absolute Gasteiger partial charge is 0.490 e. The predicted molar refractivity (Wildman–Crippen MR) is 103 cm³/mol. The lowest BCUT2D eigenvalue weighted by molar-refractivity contribution is -0.113. The van der Waals surface area contributed by atoms with Crippen molar-refractivity contribution in [3.8, 4) is 11.5 Å². The molecule has 1 aliphatic heterocycles. The van der Waals surface area contributed by atoms with Gasteiger partial charge in [0.05, 0.1) is 29.7 Å². The molecule has 7 nitrogen and oxygen atoms in total. The number of nitrogens with zero attached hydrogens (tertiary/aromatic N) is 2. The second kappa shape index (κ2) is 7.82. The summed E-state index contributed by atoms with van der Waals surface area (Å²) in [6.07, 6.45) is 4.67. The maximum atomic E-state index is 12.4. The Morgan fingerprint density at radius 1 is 1.30 bits per heavy atom. The third kappa shape index (κ3) is 4.39. The van der Waals surface area contributed by atoms with Crippen LogP contribution in [0.1, 0.15) is 25.3 Å². The molecule has 1 amide bonds. The van der Waals surface area contributed by atoms with E-state index in [-0.39, 0.29) is 17.2 Å². The van der Waals surface area contributed by atoms with Crippen LogP contribution in [0.15, 0.2) is 34.3 Å². The van der Waals surface area contributed by atoms with Crippen molar-refractivity contribution in [3.05, 3.63) is 39.8 Å². The van der Waals surface area contributed by atoms with Crippen molar-refractivity contribution in [2.24, 2.45) is 0 Å². The highest BCUT2D eigenvalue weighted by molar-refractivity contribution is 7.99. The van der Waals surface area contributed by atoms with E-state index in [1.807, 2.05) is 4.57 Å². The van der Waals surface area contributed by atoms with Crippen molar-refractivity contribution in [3.63, 3.8) is 0 Å². The zero-order chi connectivity index (χ0) is 18.8. The van der Waals surface area contributed by atoms with E-state index in [0.717, 1.165) is 19.3 Å². The lowest BCUT2D eigenvalue weighted by Crippen LogP contribution is -2.17. The molecule has 0 spiro atoms. The zero-order valence-corrected chi connectivity index (χ0v) is 16.0. The number of hydrogen-bond donors (Lipinski definition) is 1. The van der Waals surface area contributed by atoms with Crippen LogP contribution in [0, 0.1) is 0 Å². The van der Waals surface area contributed by atoms with Crippen molar-refractivity contribution in [1.29, 1.82) is 0 Å². The number of benzene rings is 1. The first-order valence-electron chi connectivity index (χ1n) is 8.71. The Labute approximate surface area is 165 Å². The molecule has 0 atom stereocenters. The van der Waals surface area contributed by atoms with Gasteiger partial charge in [0.2, 0.25) is 5.91 Å². The van der Waals surface area contributed by atoms with Crippen molar-refractivity contribution in [2.75, 3.05) is 24.3 Å². The number of carbonyl (C=O) groups excluding carboxylic acids is 1. The van der Waals surface area contributed by atoms with Gasteiger partial charge in [-0.3, -0.25) is 9.59 Å². The quantitative estimate of drug-likeness (QED) is 0.605. The molecule has 2 aliphatic rings. The number of aromatic nitrogens is 2. The molecule has 2 heterocycles. The number of carbonyl (C=O) groups is 1. The molecule has 27 heavy (non-hydrogen) atoms. The number of rotatable bonds is 5. The van der Waals surface area contributed by atoms with Crippen molar-refractivity contribution >= 4 is 35.0 Å². The highest BCUT2D eigenvalue weighted by Crippen LogP contribution is 2.38. The summed E-state index contributed by atoms with van der Waals surface area (Å²) in [4.78, 5) is 28.0. The molecule has 142 valence electrons. The Balaban J connectivity index is 1.44. The van der Waals surface area contributed by atoms with Gasteiger partial charge in [-0.05, 0) is 12.8 Å². The van der Waals surface area contributed by atoms with E-state index in [1.165, 1.54) is 17.8 Å². The molecule has 1 N–H and O–H groups in total. The SMILES string of the molecule is O=C(CSc1nc(=O)ccn1C1CC1)Nc1cc2c(cc1Cl)OCCCO2. The molecule has 1 fully saturated rings. The maximum Gasteiger partial charge on any atom is 0.273 e. The van der Waals surface area contributed by atoms with Gasteiger partial charge in [0.1, 0.15) is 0 Å². The Bertz CT molecular complexity index is 929. The van der Waals surface area contributed by atoms with Crippen LogP contribution >= 0.6 is 23.4 Å². The molecular formula is C18H18ClN3O4S. The summed E-state index contributed by atoms with van der Waals surface area (Å²) in [5, 5.41) is 3.73. The summed E-state index contributed by atoms with van der Waals surface area (Å²) in [6.45, 7) is 1.12. The van der Waals surface area contributed by atoms with Crippen LogP contribution in [0.2, 0.25) is 5.02 Å². The lowest BCUT2D eigenvalue weighted by Gasteiger charge is -2.13. The van der Waals surface area contributed by atoms with Crippen molar-refractivity contribution in [1.82, 2.24) is 9.55 Å². The minimum Gasteiger partial charge on any atom is -0.490 e. The molecule has 9 heteroatoms. The normalized spacial score (nSPS) is 15.9. The number of ether oxygens (including phenoxy) is 2. The minimum absolute atomic E-state index is 0.119. The average molecular weight is 408 g/mol. The first-order valence-corrected chi connectivity index (χ1v) is 10.1. The summed E-state index contributed by atoms with van der Waals surface area (Å²) in [6, 6.07) is 5.14. The van der Waals surface area contributed by atoms with Crippen LogP contribution in [-0.4, -0.2) is 34.4 Å². The highest BCUT2D eigenvalue weighted by Gasteiger charge is 2.25. The average Bonchev–Trinajstić information content (AvgIpc) is 3.48. The third-order valence-electron chi connectivity index (χ3n) is 4.19. The molecular weight excluding hydrogens is 390 g/mol. The predicted octanol–water partition coefficient (Wildman–Crippen LogP) is 3.12. The van der Waals surface area contributed by atoms with Crippen LogP contribution in [0.5, 0.6) is 11.5 Å². The van der Waals surface area contributed by atoms with Gasteiger partial charge in [0.25, 0.3) is 5.56 Å². The first kappa shape index (κ1) is 18.2. The van der Waals surface area contributed by atoms with E-state index in [9.17, 15) is 9.59 Å². The number of halogens is 1. The summed E-state index contributed by atoms with van der Waals surface area (Å²) in [5.74, 6) is 1.02. The van der Waals surface area contributed by atoms with Crippen LogP contribution in [0.4, 0.5) is 5.69 Å². The smallest absolute Gasteiger partial charge is 0.273 e. The van der Waals surface area contributed by atoms with Gasteiger partial charge in [-0.1, -0.05) is 23.4 Å². The number of fused-ring (bicyclic) bond motifs is 1. The topological polar surface area (TPSA) is 82.5 Å². The molecule has 0 radical (unpaired) electrons.